The summed E-state index contributed by atoms with van der Waals surface area (Å²) in [5, 5.41) is 4.77. The molecule has 3 aromatic heterocycles. The zero-order valence-corrected chi connectivity index (χ0v) is 12.4. The molecular formula is C13H13Cl2N5. The van der Waals surface area contributed by atoms with Gasteiger partial charge in [0.1, 0.15) is 11.3 Å². The summed E-state index contributed by atoms with van der Waals surface area (Å²) in [7, 11) is 1.90. The summed E-state index contributed by atoms with van der Waals surface area (Å²) in [6.45, 7) is 0.672. The Kier molecular flexibility index (Phi) is 3.63. The Balaban J connectivity index is 2.08. The van der Waals surface area contributed by atoms with E-state index in [1.807, 2.05) is 25.5 Å². The third-order valence-corrected chi connectivity index (χ3v) is 3.44. The summed E-state index contributed by atoms with van der Waals surface area (Å²) >= 11 is 11.8. The van der Waals surface area contributed by atoms with E-state index in [4.69, 9.17) is 23.2 Å². The van der Waals surface area contributed by atoms with Crippen LogP contribution in [0.1, 0.15) is 11.4 Å². The molecule has 0 fully saturated rings. The summed E-state index contributed by atoms with van der Waals surface area (Å²) in [5.74, 6) is 1.43. The van der Waals surface area contributed by atoms with Gasteiger partial charge in [0, 0.05) is 37.3 Å². The van der Waals surface area contributed by atoms with E-state index < -0.39 is 0 Å². The molecule has 0 saturated heterocycles. The van der Waals surface area contributed by atoms with Gasteiger partial charge in [-0.05, 0) is 6.07 Å². The molecule has 7 heteroatoms. The van der Waals surface area contributed by atoms with Gasteiger partial charge < -0.3 is 4.57 Å². The molecule has 0 radical (unpaired) electrons. The van der Waals surface area contributed by atoms with Gasteiger partial charge in [0.15, 0.2) is 5.65 Å². The number of aromatic nitrogens is 5. The maximum absolute atomic E-state index is 5.97. The highest BCUT2D eigenvalue weighted by Gasteiger charge is 2.13. The number of hydrogen-bond donors (Lipinski definition) is 0. The first-order chi connectivity index (χ1) is 9.67. The van der Waals surface area contributed by atoms with Crippen molar-refractivity contribution in [2.45, 2.75) is 13.0 Å². The van der Waals surface area contributed by atoms with Crippen molar-refractivity contribution in [1.82, 2.24) is 24.3 Å². The quantitative estimate of drug-likeness (QED) is 0.696. The second-order valence-electron chi connectivity index (χ2n) is 4.57. The molecule has 20 heavy (non-hydrogen) atoms. The number of alkyl halides is 1. The second-order valence-corrected chi connectivity index (χ2v) is 5.39. The summed E-state index contributed by atoms with van der Waals surface area (Å²) in [5.41, 5.74) is 2.71. The van der Waals surface area contributed by atoms with E-state index in [2.05, 4.69) is 19.6 Å². The molecule has 0 N–H and O–H groups in total. The normalized spacial score (nSPS) is 11.3. The maximum Gasteiger partial charge on any atom is 0.160 e. The van der Waals surface area contributed by atoms with Gasteiger partial charge in [0.2, 0.25) is 0 Å². The number of fused-ring (bicyclic) bond motifs is 1. The molecule has 0 aliphatic carbocycles. The molecule has 0 bridgehead atoms. The van der Waals surface area contributed by atoms with Gasteiger partial charge in [-0.15, -0.1) is 11.6 Å². The molecule has 3 rings (SSSR count). The Bertz CT molecular complexity index is 746. The van der Waals surface area contributed by atoms with Crippen molar-refractivity contribution >= 4 is 34.4 Å². The van der Waals surface area contributed by atoms with Gasteiger partial charge in [-0.3, -0.25) is 4.68 Å². The van der Waals surface area contributed by atoms with Gasteiger partial charge in [-0.25, -0.2) is 9.97 Å². The van der Waals surface area contributed by atoms with Crippen molar-refractivity contribution in [1.29, 1.82) is 0 Å². The molecule has 0 aromatic carbocycles. The minimum absolute atomic E-state index is 0.518. The van der Waals surface area contributed by atoms with Crippen LogP contribution in [0.15, 0.2) is 24.7 Å². The standard InChI is InChI=1S/C13H13Cl2N5/c1-19-7-9(5-17-19)8-20-12(2-3-14)18-11-4-10(15)6-16-13(11)20/h4-7H,2-3,8H2,1H3. The van der Waals surface area contributed by atoms with E-state index in [0.29, 0.717) is 23.9 Å². The Morgan fingerprint density at radius 2 is 2.15 bits per heavy atom. The lowest BCUT2D eigenvalue weighted by molar-refractivity contribution is 0.742. The smallest absolute Gasteiger partial charge is 0.160 e. The van der Waals surface area contributed by atoms with Crippen LogP contribution in [0.3, 0.4) is 0 Å². The predicted molar refractivity (Wildman–Crippen MR) is 79.3 cm³/mol. The van der Waals surface area contributed by atoms with Crippen molar-refractivity contribution in [2.75, 3.05) is 5.88 Å². The molecule has 3 heterocycles. The zero-order chi connectivity index (χ0) is 14.1. The highest BCUT2D eigenvalue weighted by Crippen LogP contribution is 2.20. The fraction of sp³-hybridized carbons (Fsp3) is 0.308. The second kappa shape index (κ2) is 5.42. The number of aryl methyl sites for hydroxylation is 2. The SMILES string of the molecule is Cn1cc(Cn2c(CCCl)nc3cc(Cl)cnc32)cn1. The van der Waals surface area contributed by atoms with E-state index in [-0.39, 0.29) is 0 Å². The number of rotatable bonds is 4. The lowest BCUT2D eigenvalue weighted by Crippen LogP contribution is -2.06. The molecule has 0 saturated carbocycles. The fourth-order valence-corrected chi connectivity index (χ4v) is 2.53. The lowest BCUT2D eigenvalue weighted by Gasteiger charge is -2.06. The highest BCUT2D eigenvalue weighted by molar-refractivity contribution is 6.31. The van der Waals surface area contributed by atoms with Crippen LogP contribution in [0.4, 0.5) is 0 Å². The lowest BCUT2D eigenvalue weighted by atomic mass is 10.3. The zero-order valence-electron chi connectivity index (χ0n) is 10.9. The first-order valence-corrected chi connectivity index (χ1v) is 7.13. The molecule has 104 valence electrons. The molecular weight excluding hydrogens is 297 g/mol. The van der Waals surface area contributed by atoms with Crippen molar-refractivity contribution < 1.29 is 0 Å². The first-order valence-electron chi connectivity index (χ1n) is 6.21. The van der Waals surface area contributed by atoms with Crippen LogP contribution in [0, 0.1) is 0 Å². The molecule has 0 amide bonds. The minimum Gasteiger partial charge on any atom is -0.308 e. The van der Waals surface area contributed by atoms with E-state index in [1.165, 1.54) is 0 Å². The van der Waals surface area contributed by atoms with Crippen LogP contribution in [0.5, 0.6) is 0 Å². The third kappa shape index (κ3) is 2.51. The summed E-state index contributed by atoms with van der Waals surface area (Å²) < 4.78 is 3.84. The summed E-state index contributed by atoms with van der Waals surface area (Å²) in [4.78, 5) is 8.96. The number of pyridine rings is 1. The fourth-order valence-electron chi connectivity index (χ4n) is 2.21. The Morgan fingerprint density at radius 3 is 2.85 bits per heavy atom. The van der Waals surface area contributed by atoms with E-state index >= 15 is 0 Å². The van der Waals surface area contributed by atoms with Gasteiger partial charge in [0.25, 0.3) is 0 Å². The third-order valence-electron chi connectivity index (χ3n) is 3.05. The number of halogens is 2. The number of imidazole rings is 1. The monoisotopic (exact) mass is 309 g/mol. The highest BCUT2D eigenvalue weighted by atomic mass is 35.5. The van der Waals surface area contributed by atoms with Gasteiger partial charge in [-0.2, -0.15) is 5.10 Å². The largest absolute Gasteiger partial charge is 0.308 e. The van der Waals surface area contributed by atoms with Crippen LogP contribution in [0.25, 0.3) is 11.2 Å². The van der Waals surface area contributed by atoms with Crippen LogP contribution in [-0.2, 0) is 20.0 Å². The first kappa shape index (κ1) is 13.4. The molecule has 0 aliphatic heterocycles. The molecule has 0 unspecified atom stereocenters. The number of hydrogen-bond acceptors (Lipinski definition) is 3. The minimum atomic E-state index is 0.518. The van der Waals surface area contributed by atoms with E-state index in [1.54, 1.807) is 10.9 Å². The molecule has 5 nitrogen and oxygen atoms in total. The Morgan fingerprint density at radius 1 is 1.30 bits per heavy atom. The van der Waals surface area contributed by atoms with Crippen molar-refractivity contribution in [3.63, 3.8) is 0 Å². The van der Waals surface area contributed by atoms with E-state index in [9.17, 15) is 0 Å². The van der Waals surface area contributed by atoms with Gasteiger partial charge >= 0.3 is 0 Å². The van der Waals surface area contributed by atoms with Crippen molar-refractivity contribution in [3.05, 3.63) is 41.1 Å². The topological polar surface area (TPSA) is 48.5 Å². The average molecular weight is 310 g/mol. The van der Waals surface area contributed by atoms with Crippen LogP contribution >= 0.6 is 23.2 Å². The molecule has 0 aliphatic rings. The molecule has 0 atom stereocenters. The van der Waals surface area contributed by atoms with Crippen molar-refractivity contribution in [3.8, 4) is 0 Å². The number of nitrogens with zero attached hydrogens (tertiary/aromatic N) is 5. The average Bonchev–Trinajstić information content (AvgIpc) is 2.95. The Hall–Kier alpha value is -1.59. The van der Waals surface area contributed by atoms with Gasteiger partial charge in [0.05, 0.1) is 17.8 Å². The van der Waals surface area contributed by atoms with Gasteiger partial charge in [-0.1, -0.05) is 11.6 Å². The van der Waals surface area contributed by atoms with Crippen LogP contribution in [-0.4, -0.2) is 30.2 Å². The molecule has 3 aromatic rings. The van der Waals surface area contributed by atoms with Crippen LogP contribution < -0.4 is 0 Å². The summed E-state index contributed by atoms with van der Waals surface area (Å²) in [6.07, 6.45) is 6.14. The van der Waals surface area contributed by atoms with Crippen molar-refractivity contribution in [2.24, 2.45) is 7.05 Å². The maximum atomic E-state index is 5.97. The predicted octanol–water partition coefficient (Wildman–Crippen LogP) is 2.65. The Labute approximate surface area is 126 Å². The summed E-state index contributed by atoms with van der Waals surface area (Å²) in [6, 6.07) is 1.82. The van der Waals surface area contributed by atoms with E-state index in [0.717, 1.165) is 22.6 Å². The van der Waals surface area contributed by atoms with Crippen LogP contribution in [0.2, 0.25) is 5.02 Å². The molecule has 0 spiro atoms.